The maximum atomic E-state index is 13.0. The number of anilines is 2. The van der Waals surface area contributed by atoms with Gasteiger partial charge in [-0.1, -0.05) is 24.3 Å². The fourth-order valence-corrected chi connectivity index (χ4v) is 3.68. The molecule has 1 fully saturated rings. The highest BCUT2D eigenvalue weighted by Crippen LogP contribution is 2.34. The summed E-state index contributed by atoms with van der Waals surface area (Å²) in [6.07, 6.45) is 2.26. The third-order valence-electron chi connectivity index (χ3n) is 5.16. The number of aryl methyl sites for hydroxylation is 1. The van der Waals surface area contributed by atoms with Gasteiger partial charge in [-0.2, -0.15) is 0 Å². The van der Waals surface area contributed by atoms with E-state index in [0.29, 0.717) is 23.7 Å². The van der Waals surface area contributed by atoms with E-state index in [4.69, 9.17) is 9.47 Å². The van der Waals surface area contributed by atoms with Gasteiger partial charge < -0.3 is 20.1 Å². The van der Waals surface area contributed by atoms with Gasteiger partial charge in [-0.3, -0.25) is 9.59 Å². The predicted molar refractivity (Wildman–Crippen MR) is 107 cm³/mol. The van der Waals surface area contributed by atoms with E-state index in [-0.39, 0.29) is 24.3 Å². The largest absolute Gasteiger partial charge is 0.489 e. The van der Waals surface area contributed by atoms with E-state index >= 15 is 0 Å². The van der Waals surface area contributed by atoms with Crippen LogP contribution in [0.15, 0.2) is 42.5 Å². The molecule has 2 aliphatic heterocycles. The highest BCUT2D eigenvalue weighted by atomic mass is 16.5. The highest BCUT2D eigenvalue weighted by Gasteiger charge is 2.31. The first-order valence-electron chi connectivity index (χ1n) is 9.65. The zero-order chi connectivity index (χ0) is 19.5. The van der Waals surface area contributed by atoms with Crippen LogP contribution < -0.4 is 15.4 Å². The quantitative estimate of drug-likeness (QED) is 0.831. The molecular weight excluding hydrogens is 356 g/mol. The number of rotatable bonds is 5. The highest BCUT2D eigenvalue weighted by molar-refractivity contribution is 6.05. The minimum absolute atomic E-state index is 0.0954. The molecule has 0 aromatic heterocycles. The molecule has 2 aliphatic rings. The topological polar surface area (TPSA) is 76.7 Å². The van der Waals surface area contributed by atoms with Gasteiger partial charge in [0.1, 0.15) is 12.4 Å². The summed E-state index contributed by atoms with van der Waals surface area (Å²) in [6.45, 7) is 3.21. The van der Waals surface area contributed by atoms with E-state index in [2.05, 4.69) is 10.6 Å². The SMILES string of the molecule is Cc1ccc(NC(=O)C2CC(=O)Nc3ccccc32)c(OCC2CCCO2)c1. The second-order valence-electron chi connectivity index (χ2n) is 7.33. The van der Waals surface area contributed by atoms with Gasteiger partial charge in [0.2, 0.25) is 11.8 Å². The summed E-state index contributed by atoms with van der Waals surface area (Å²) in [5.41, 5.74) is 3.17. The first kappa shape index (κ1) is 18.5. The lowest BCUT2D eigenvalue weighted by Crippen LogP contribution is -2.31. The fourth-order valence-electron chi connectivity index (χ4n) is 3.68. The first-order valence-corrected chi connectivity index (χ1v) is 9.65. The van der Waals surface area contributed by atoms with E-state index in [1.807, 2.05) is 49.4 Å². The van der Waals surface area contributed by atoms with Gasteiger partial charge in [0.15, 0.2) is 0 Å². The lowest BCUT2D eigenvalue weighted by molar-refractivity contribution is -0.123. The number of nitrogens with one attached hydrogen (secondary N) is 2. The minimum Gasteiger partial charge on any atom is -0.489 e. The molecule has 6 nitrogen and oxygen atoms in total. The Morgan fingerprint density at radius 3 is 2.96 bits per heavy atom. The first-order chi connectivity index (χ1) is 13.6. The van der Waals surface area contributed by atoms with E-state index in [9.17, 15) is 9.59 Å². The third-order valence-corrected chi connectivity index (χ3v) is 5.16. The number of fused-ring (bicyclic) bond motifs is 1. The molecule has 2 aromatic carbocycles. The summed E-state index contributed by atoms with van der Waals surface area (Å²) in [6, 6.07) is 13.1. The summed E-state index contributed by atoms with van der Waals surface area (Å²) in [7, 11) is 0. The van der Waals surface area contributed by atoms with Crippen LogP contribution in [0.3, 0.4) is 0 Å². The monoisotopic (exact) mass is 380 g/mol. The zero-order valence-electron chi connectivity index (χ0n) is 15.9. The summed E-state index contributed by atoms with van der Waals surface area (Å²) in [4.78, 5) is 25.0. The number of benzene rings is 2. The third kappa shape index (κ3) is 4.02. The van der Waals surface area contributed by atoms with Crippen LogP contribution in [0.25, 0.3) is 0 Å². The van der Waals surface area contributed by atoms with Crippen molar-refractivity contribution in [3.63, 3.8) is 0 Å². The van der Waals surface area contributed by atoms with Gasteiger partial charge in [-0.25, -0.2) is 0 Å². The van der Waals surface area contributed by atoms with Gasteiger partial charge in [-0.15, -0.1) is 0 Å². The molecule has 0 aliphatic carbocycles. The maximum Gasteiger partial charge on any atom is 0.232 e. The van der Waals surface area contributed by atoms with E-state index in [1.165, 1.54) is 0 Å². The molecule has 0 bridgehead atoms. The van der Waals surface area contributed by atoms with Crippen LogP contribution in [0.2, 0.25) is 0 Å². The van der Waals surface area contributed by atoms with Crippen LogP contribution in [-0.4, -0.2) is 31.1 Å². The van der Waals surface area contributed by atoms with Gasteiger partial charge in [0.25, 0.3) is 0 Å². The van der Waals surface area contributed by atoms with Crippen LogP contribution in [0.4, 0.5) is 11.4 Å². The summed E-state index contributed by atoms with van der Waals surface area (Å²) < 4.78 is 11.6. The molecule has 146 valence electrons. The molecule has 2 unspecified atom stereocenters. The predicted octanol–water partition coefficient (Wildman–Crippen LogP) is 3.62. The average Bonchev–Trinajstić information content (AvgIpc) is 3.21. The van der Waals surface area contributed by atoms with Crippen molar-refractivity contribution in [1.29, 1.82) is 0 Å². The van der Waals surface area contributed by atoms with Crippen LogP contribution in [-0.2, 0) is 14.3 Å². The van der Waals surface area contributed by atoms with Crippen molar-refractivity contribution in [2.75, 3.05) is 23.8 Å². The lowest BCUT2D eigenvalue weighted by Gasteiger charge is -2.25. The van der Waals surface area contributed by atoms with Crippen molar-refractivity contribution in [3.05, 3.63) is 53.6 Å². The Labute approximate surface area is 164 Å². The Morgan fingerprint density at radius 1 is 1.29 bits per heavy atom. The second-order valence-corrected chi connectivity index (χ2v) is 7.33. The Hall–Kier alpha value is -2.86. The Kier molecular flexibility index (Phi) is 5.30. The molecular formula is C22H24N2O4. The number of amides is 2. The number of hydrogen-bond acceptors (Lipinski definition) is 4. The molecule has 0 saturated carbocycles. The maximum absolute atomic E-state index is 13.0. The standard InChI is InChI=1S/C22H24N2O4/c1-14-8-9-19(20(11-14)28-13-15-5-4-10-27-15)24-22(26)17-12-21(25)23-18-7-3-2-6-16(17)18/h2-3,6-9,11,15,17H,4-5,10,12-13H2,1H3,(H,23,25)(H,24,26). The molecule has 28 heavy (non-hydrogen) atoms. The molecule has 0 spiro atoms. The van der Waals surface area contributed by atoms with Crippen molar-refractivity contribution in [3.8, 4) is 5.75 Å². The number of carbonyl (C=O) groups is 2. The molecule has 2 amide bonds. The smallest absolute Gasteiger partial charge is 0.232 e. The molecule has 2 heterocycles. The molecule has 6 heteroatoms. The Balaban J connectivity index is 1.52. The second kappa shape index (κ2) is 8.02. The summed E-state index contributed by atoms with van der Waals surface area (Å²) in [5.74, 6) is -0.277. The number of carbonyl (C=O) groups excluding carboxylic acids is 2. The van der Waals surface area contributed by atoms with E-state index in [0.717, 1.165) is 30.6 Å². The van der Waals surface area contributed by atoms with Gasteiger partial charge in [0.05, 0.1) is 17.7 Å². The van der Waals surface area contributed by atoms with Gasteiger partial charge >= 0.3 is 0 Å². The van der Waals surface area contributed by atoms with E-state index < -0.39 is 5.92 Å². The molecule has 2 atom stereocenters. The van der Waals surface area contributed by atoms with Crippen LogP contribution in [0, 0.1) is 6.92 Å². The Bertz CT molecular complexity index is 890. The van der Waals surface area contributed by atoms with Crippen LogP contribution >= 0.6 is 0 Å². The summed E-state index contributed by atoms with van der Waals surface area (Å²) >= 11 is 0. The van der Waals surface area contributed by atoms with Crippen molar-refractivity contribution >= 4 is 23.2 Å². The number of hydrogen-bond donors (Lipinski definition) is 2. The number of para-hydroxylation sites is 1. The fraction of sp³-hybridized carbons (Fsp3) is 0.364. The normalized spacial score (nSPS) is 21.0. The molecule has 2 aromatic rings. The van der Waals surface area contributed by atoms with Crippen LogP contribution in [0.1, 0.15) is 36.3 Å². The zero-order valence-corrected chi connectivity index (χ0v) is 15.9. The molecule has 0 radical (unpaired) electrons. The van der Waals surface area contributed by atoms with Gasteiger partial charge in [0, 0.05) is 18.7 Å². The van der Waals surface area contributed by atoms with Crippen molar-refractivity contribution in [2.45, 2.75) is 38.2 Å². The van der Waals surface area contributed by atoms with E-state index in [1.54, 1.807) is 0 Å². The summed E-state index contributed by atoms with van der Waals surface area (Å²) in [5, 5.41) is 5.78. The average molecular weight is 380 g/mol. The van der Waals surface area contributed by atoms with Crippen molar-refractivity contribution in [1.82, 2.24) is 0 Å². The minimum atomic E-state index is -0.530. The molecule has 1 saturated heterocycles. The van der Waals surface area contributed by atoms with Crippen LogP contribution in [0.5, 0.6) is 5.75 Å². The molecule has 4 rings (SSSR count). The van der Waals surface area contributed by atoms with Crippen molar-refractivity contribution < 1.29 is 19.1 Å². The lowest BCUT2D eigenvalue weighted by atomic mass is 9.89. The molecule has 2 N–H and O–H groups in total. The van der Waals surface area contributed by atoms with Gasteiger partial charge in [-0.05, 0) is 49.1 Å². The van der Waals surface area contributed by atoms with Crippen molar-refractivity contribution in [2.24, 2.45) is 0 Å². The Morgan fingerprint density at radius 2 is 2.14 bits per heavy atom. The number of ether oxygens (including phenoxy) is 2.